The molecule has 1 saturated heterocycles. The smallest absolute Gasteiger partial charge is 0.424 e. The molecular weight excluding hydrogens is 575 g/mol. The number of carbonyl (C=O) groups excluding carboxylic acids is 2. The second-order valence-electron chi connectivity index (χ2n) is 12.8. The van der Waals surface area contributed by atoms with Gasteiger partial charge in [0, 0.05) is 12.1 Å². The molecule has 11 heteroatoms. The Balaban J connectivity index is 1.48. The number of benzene rings is 3. The summed E-state index contributed by atoms with van der Waals surface area (Å²) in [5.41, 5.74) is 2.36. The maximum atomic E-state index is 13.2. The zero-order valence-electron chi connectivity index (χ0n) is 26.9. The van der Waals surface area contributed by atoms with Crippen LogP contribution >= 0.6 is 0 Å². The van der Waals surface area contributed by atoms with Crippen LogP contribution in [0.1, 0.15) is 77.2 Å². The van der Waals surface area contributed by atoms with Gasteiger partial charge in [-0.05, 0) is 81.2 Å². The molecule has 238 valence electrons. The van der Waals surface area contributed by atoms with E-state index in [-0.39, 0.29) is 23.9 Å². The molecule has 2 atom stereocenters. The molecule has 3 aromatic carbocycles. The minimum Gasteiger partial charge on any atom is -0.424 e. The fourth-order valence-electron chi connectivity index (χ4n) is 4.86. The Kier molecular flexibility index (Phi) is 10.3. The molecule has 0 aliphatic carbocycles. The van der Waals surface area contributed by atoms with Crippen LogP contribution in [0.2, 0.25) is 0 Å². The fourth-order valence-corrected chi connectivity index (χ4v) is 4.86. The summed E-state index contributed by atoms with van der Waals surface area (Å²) in [5.74, 6) is -0.0417. The summed E-state index contributed by atoms with van der Waals surface area (Å²) in [5, 5.41) is 13.9. The van der Waals surface area contributed by atoms with Gasteiger partial charge in [0.25, 0.3) is 5.69 Å². The lowest BCUT2D eigenvalue weighted by molar-refractivity contribution is -0.384. The van der Waals surface area contributed by atoms with Crippen molar-refractivity contribution in [2.75, 3.05) is 6.54 Å². The van der Waals surface area contributed by atoms with Gasteiger partial charge in [0.1, 0.15) is 11.9 Å². The number of ether oxygens (including phenoxy) is 2. The zero-order valence-corrected chi connectivity index (χ0v) is 26.9. The normalized spacial score (nSPS) is 16.6. The van der Waals surface area contributed by atoms with Gasteiger partial charge < -0.3 is 24.1 Å². The molecular formula is C34H41BN2O8. The number of non-ortho nitro benzene ring substituents is 1. The van der Waals surface area contributed by atoms with Gasteiger partial charge in [-0.25, -0.2) is 4.79 Å². The average Bonchev–Trinajstić information content (AvgIpc) is 3.21. The summed E-state index contributed by atoms with van der Waals surface area (Å²) in [4.78, 5) is 36.4. The lowest BCUT2D eigenvalue weighted by Crippen LogP contribution is -2.41. The van der Waals surface area contributed by atoms with E-state index in [1.165, 1.54) is 29.8 Å². The molecule has 1 heterocycles. The summed E-state index contributed by atoms with van der Waals surface area (Å²) < 4.78 is 23.2. The third-order valence-corrected chi connectivity index (χ3v) is 8.30. The van der Waals surface area contributed by atoms with E-state index < -0.39 is 41.4 Å². The highest BCUT2D eigenvalue weighted by molar-refractivity contribution is 6.62. The molecule has 1 aliphatic rings. The van der Waals surface area contributed by atoms with Gasteiger partial charge in [0.05, 0.1) is 28.6 Å². The van der Waals surface area contributed by atoms with E-state index in [2.05, 4.69) is 19.2 Å². The second-order valence-corrected chi connectivity index (χ2v) is 12.8. The van der Waals surface area contributed by atoms with Crippen molar-refractivity contribution >= 4 is 30.3 Å². The van der Waals surface area contributed by atoms with Crippen molar-refractivity contribution in [1.29, 1.82) is 0 Å². The van der Waals surface area contributed by atoms with Crippen LogP contribution in [0, 0.1) is 16.0 Å². The van der Waals surface area contributed by atoms with Gasteiger partial charge in [-0.1, -0.05) is 62.4 Å². The molecule has 3 aromatic rings. The standard InChI is InChI=1S/C34H41BN2O8/c1-22(2)20-24-8-10-25(11-9-24)23(3)31(38)36-21-30(43-32(39)42-29-18-16-28(17-19-29)37(40)41)26-12-14-27(15-13-26)35-44-33(4,5)34(6,7)45-35/h8-19,22-23,30H,20-21H2,1-7H3,(H,36,38). The van der Waals surface area contributed by atoms with Crippen molar-refractivity contribution < 1.29 is 33.3 Å². The second kappa shape index (κ2) is 13.8. The van der Waals surface area contributed by atoms with Crippen LogP contribution in [0.4, 0.5) is 10.5 Å². The number of amides is 1. The molecule has 0 aromatic heterocycles. The van der Waals surface area contributed by atoms with Crippen molar-refractivity contribution in [2.24, 2.45) is 5.92 Å². The summed E-state index contributed by atoms with van der Waals surface area (Å²) in [7, 11) is -0.567. The lowest BCUT2D eigenvalue weighted by atomic mass is 9.78. The van der Waals surface area contributed by atoms with Crippen LogP contribution in [-0.4, -0.2) is 41.9 Å². The molecule has 1 N–H and O–H groups in total. The highest BCUT2D eigenvalue weighted by atomic mass is 16.7. The Morgan fingerprint density at radius 2 is 1.42 bits per heavy atom. The Hall–Kier alpha value is -4.22. The molecule has 0 saturated carbocycles. The van der Waals surface area contributed by atoms with Gasteiger partial charge in [0.2, 0.25) is 5.91 Å². The molecule has 1 aliphatic heterocycles. The first-order valence-corrected chi connectivity index (χ1v) is 15.1. The van der Waals surface area contributed by atoms with Crippen molar-refractivity contribution in [2.45, 2.75) is 78.1 Å². The molecule has 0 radical (unpaired) electrons. The molecule has 1 fully saturated rings. The topological polar surface area (TPSA) is 126 Å². The highest BCUT2D eigenvalue weighted by Crippen LogP contribution is 2.36. The van der Waals surface area contributed by atoms with E-state index in [9.17, 15) is 19.7 Å². The van der Waals surface area contributed by atoms with E-state index in [1.54, 1.807) is 12.1 Å². The molecule has 10 nitrogen and oxygen atoms in total. The first-order chi connectivity index (χ1) is 21.1. The monoisotopic (exact) mass is 616 g/mol. The number of nitrogens with zero attached hydrogens (tertiary/aromatic N) is 1. The Morgan fingerprint density at radius 1 is 0.867 bits per heavy atom. The fraction of sp³-hybridized carbons (Fsp3) is 0.412. The first kappa shape index (κ1) is 33.7. The third-order valence-electron chi connectivity index (χ3n) is 8.30. The van der Waals surface area contributed by atoms with Crippen molar-refractivity contribution in [3.8, 4) is 5.75 Å². The summed E-state index contributed by atoms with van der Waals surface area (Å²) in [6, 6.07) is 20.3. The minimum absolute atomic E-state index is 0.0141. The zero-order chi connectivity index (χ0) is 32.9. The maximum Gasteiger partial charge on any atom is 0.514 e. The SMILES string of the molecule is CC(C)Cc1ccc(C(C)C(=O)NCC(OC(=O)Oc2ccc([N+](=O)[O-])cc2)c2ccc(B3OC(C)(C)C(C)(C)O3)cc2)cc1. The van der Waals surface area contributed by atoms with E-state index in [1.807, 2.05) is 71.0 Å². The molecule has 4 rings (SSSR count). The Bertz CT molecular complexity index is 1470. The van der Waals surface area contributed by atoms with Gasteiger partial charge in [-0.2, -0.15) is 0 Å². The minimum atomic E-state index is -1.02. The van der Waals surface area contributed by atoms with E-state index >= 15 is 0 Å². The maximum absolute atomic E-state index is 13.2. The van der Waals surface area contributed by atoms with Crippen LogP contribution < -0.4 is 15.5 Å². The number of nitrogens with one attached hydrogen (secondary N) is 1. The van der Waals surface area contributed by atoms with Gasteiger partial charge in [0.15, 0.2) is 0 Å². The van der Waals surface area contributed by atoms with E-state index in [0.717, 1.165) is 17.4 Å². The summed E-state index contributed by atoms with van der Waals surface area (Å²) in [6.45, 7) is 14.0. The van der Waals surface area contributed by atoms with E-state index in [0.29, 0.717) is 11.5 Å². The number of carbonyl (C=O) groups is 2. The molecule has 2 unspecified atom stereocenters. The van der Waals surface area contributed by atoms with E-state index in [4.69, 9.17) is 18.8 Å². The summed E-state index contributed by atoms with van der Waals surface area (Å²) >= 11 is 0. The van der Waals surface area contributed by atoms with Crippen LogP contribution in [0.5, 0.6) is 5.75 Å². The largest absolute Gasteiger partial charge is 0.514 e. The van der Waals surface area contributed by atoms with Gasteiger partial charge >= 0.3 is 13.3 Å². The lowest BCUT2D eigenvalue weighted by Gasteiger charge is -2.32. The summed E-state index contributed by atoms with van der Waals surface area (Å²) in [6.07, 6.45) is -0.956. The van der Waals surface area contributed by atoms with Crippen LogP contribution in [0.15, 0.2) is 72.8 Å². The average molecular weight is 617 g/mol. The first-order valence-electron chi connectivity index (χ1n) is 15.1. The van der Waals surface area contributed by atoms with Crippen molar-refractivity contribution in [3.63, 3.8) is 0 Å². The predicted molar refractivity (Wildman–Crippen MR) is 172 cm³/mol. The molecule has 0 spiro atoms. The molecule has 1 amide bonds. The van der Waals surface area contributed by atoms with Crippen LogP contribution in [0.3, 0.4) is 0 Å². The van der Waals surface area contributed by atoms with Crippen LogP contribution in [0.25, 0.3) is 0 Å². The third kappa shape index (κ3) is 8.49. The highest BCUT2D eigenvalue weighted by Gasteiger charge is 2.51. The van der Waals surface area contributed by atoms with Gasteiger partial charge in [-0.3, -0.25) is 14.9 Å². The van der Waals surface area contributed by atoms with Gasteiger partial charge in [-0.15, -0.1) is 0 Å². The van der Waals surface area contributed by atoms with Crippen molar-refractivity contribution in [3.05, 3.63) is 99.6 Å². The predicted octanol–water partition coefficient (Wildman–Crippen LogP) is 6.27. The number of nitro groups is 1. The number of nitro benzene ring substituents is 1. The quantitative estimate of drug-likeness (QED) is 0.0879. The Morgan fingerprint density at radius 3 is 1.96 bits per heavy atom. The number of hydrogen-bond donors (Lipinski definition) is 1. The Labute approximate surface area is 264 Å². The van der Waals surface area contributed by atoms with Crippen LogP contribution in [-0.2, 0) is 25.3 Å². The molecule has 45 heavy (non-hydrogen) atoms. The number of hydrogen-bond acceptors (Lipinski definition) is 8. The number of rotatable bonds is 11. The molecule has 0 bridgehead atoms. The van der Waals surface area contributed by atoms with Crippen molar-refractivity contribution in [1.82, 2.24) is 5.32 Å².